The van der Waals surface area contributed by atoms with E-state index in [9.17, 15) is 5.11 Å². The third kappa shape index (κ3) is 5.18. The van der Waals surface area contributed by atoms with Gasteiger partial charge in [-0.05, 0) is 38.1 Å². The van der Waals surface area contributed by atoms with Crippen molar-refractivity contribution in [1.29, 1.82) is 0 Å². The van der Waals surface area contributed by atoms with Crippen LogP contribution in [0.25, 0.3) is 0 Å². The first-order valence-corrected chi connectivity index (χ1v) is 9.22. The average molecular weight is 333 g/mol. The SMILES string of the molecule is CN1CCN(CCCc2ccc(O)c(CN3CCOCC3)c2)CC1. The minimum atomic E-state index is 0.421. The van der Waals surface area contributed by atoms with E-state index in [1.165, 1.54) is 44.7 Å². The predicted molar refractivity (Wildman–Crippen MR) is 96.5 cm³/mol. The highest BCUT2D eigenvalue weighted by molar-refractivity contribution is 5.36. The first kappa shape index (κ1) is 17.7. The lowest BCUT2D eigenvalue weighted by Gasteiger charge is -2.32. The van der Waals surface area contributed by atoms with Crippen LogP contribution >= 0.6 is 0 Å². The van der Waals surface area contributed by atoms with Crippen molar-refractivity contribution in [3.8, 4) is 5.75 Å². The van der Waals surface area contributed by atoms with Crippen LogP contribution in [-0.4, -0.2) is 85.9 Å². The highest BCUT2D eigenvalue weighted by Crippen LogP contribution is 2.21. The van der Waals surface area contributed by atoms with Crippen LogP contribution in [0.1, 0.15) is 17.5 Å². The molecule has 0 unspecified atom stereocenters. The third-order valence-corrected chi connectivity index (χ3v) is 5.18. The van der Waals surface area contributed by atoms with Gasteiger partial charge in [-0.1, -0.05) is 12.1 Å². The molecule has 0 saturated carbocycles. The molecule has 1 aromatic rings. The van der Waals surface area contributed by atoms with E-state index in [1.54, 1.807) is 0 Å². The number of nitrogens with zero attached hydrogens (tertiary/aromatic N) is 3. The molecule has 2 aliphatic rings. The number of hydrogen-bond donors (Lipinski definition) is 1. The smallest absolute Gasteiger partial charge is 0.120 e. The molecule has 0 atom stereocenters. The molecule has 24 heavy (non-hydrogen) atoms. The van der Waals surface area contributed by atoms with Gasteiger partial charge in [-0.3, -0.25) is 4.90 Å². The van der Waals surface area contributed by atoms with Gasteiger partial charge in [0, 0.05) is 51.4 Å². The summed E-state index contributed by atoms with van der Waals surface area (Å²) in [7, 11) is 2.20. The molecular weight excluding hydrogens is 302 g/mol. The summed E-state index contributed by atoms with van der Waals surface area (Å²) in [5.41, 5.74) is 2.39. The molecule has 0 aromatic heterocycles. The predicted octanol–water partition coefficient (Wildman–Crippen LogP) is 1.40. The Morgan fingerprint density at radius 2 is 1.75 bits per heavy atom. The van der Waals surface area contributed by atoms with Crippen LogP contribution in [0, 0.1) is 0 Å². The summed E-state index contributed by atoms with van der Waals surface area (Å²) in [4.78, 5) is 7.32. The zero-order valence-electron chi connectivity index (χ0n) is 14.9. The van der Waals surface area contributed by atoms with Crippen molar-refractivity contribution in [1.82, 2.24) is 14.7 Å². The second kappa shape index (κ2) is 8.81. The largest absolute Gasteiger partial charge is 0.508 e. The van der Waals surface area contributed by atoms with Crippen LogP contribution in [-0.2, 0) is 17.7 Å². The summed E-state index contributed by atoms with van der Waals surface area (Å²) in [5, 5.41) is 10.1. The first-order chi connectivity index (χ1) is 11.7. The van der Waals surface area contributed by atoms with Gasteiger partial charge in [0.25, 0.3) is 0 Å². The van der Waals surface area contributed by atoms with Gasteiger partial charge in [-0.25, -0.2) is 0 Å². The zero-order valence-corrected chi connectivity index (χ0v) is 14.9. The molecule has 1 aromatic carbocycles. The van der Waals surface area contributed by atoms with Crippen molar-refractivity contribution in [2.24, 2.45) is 0 Å². The van der Waals surface area contributed by atoms with Crippen molar-refractivity contribution >= 4 is 0 Å². The Morgan fingerprint density at radius 3 is 2.50 bits per heavy atom. The van der Waals surface area contributed by atoms with Gasteiger partial charge in [0.2, 0.25) is 0 Å². The number of piperazine rings is 1. The molecule has 5 nitrogen and oxygen atoms in total. The standard InChI is InChI=1S/C19H31N3O2/c1-20-7-9-21(10-8-20)6-2-3-17-4-5-19(23)18(15-17)16-22-11-13-24-14-12-22/h4-5,15,23H,2-3,6-14,16H2,1H3. The molecule has 5 heteroatoms. The summed E-state index contributed by atoms with van der Waals surface area (Å²) in [6, 6.07) is 6.12. The zero-order chi connectivity index (χ0) is 16.8. The van der Waals surface area contributed by atoms with Gasteiger partial charge in [-0.15, -0.1) is 0 Å². The number of aromatic hydroxyl groups is 1. The molecule has 2 fully saturated rings. The summed E-state index contributed by atoms with van der Waals surface area (Å²) in [6.07, 6.45) is 2.27. The van der Waals surface area contributed by atoms with Gasteiger partial charge in [-0.2, -0.15) is 0 Å². The highest BCUT2D eigenvalue weighted by atomic mass is 16.5. The first-order valence-electron chi connectivity index (χ1n) is 9.22. The lowest BCUT2D eigenvalue weighted by Crippen LogP contribution is -2.44. The maximum Gasteiger partial charge on any atom is 0.120 e. The number of phenols is 1. The van der Waals surface area contributed by atoms with E-state index in [0.717, 1.165) is 44.8 Å². The van der Waals surface area contributed by atoms with Gasteiger partial charge < -0.3 is 19.6 Å². The fraction of sp³-hybridized carbons (Fsp3) is 0.684. The fourth-order valence-corrected chi connectivity index (χ4v) is 3.50. The van der Waals surface area contributed by atoms with Crippen LogP contribution in [0.15, 0.2) is 18.2 Å². The molecule has 0 aliphatic carbocycles. The van der Waals surface area contributed by atoms with Crippen LogP contribution in [0.5, 0.6) is 5.75 Å². The van der Waals surface area contributed by atoms with E-state index in [-0.39, 0.29) is 0 Å². The number of benzene rings is 1. The fourth-order valence-electron chi connectivity index (χ4n) is 3.50. The molecule has 2 heterocycles. The minimum Gasteiger partial charge on any atom is -0.508 e. The molecule has 2 saturated heterocycles. The van der Waals surface area contributed by atoms with E-state index in [2.05, 4.69) is 33.9 Å². The van der Waals surface area contributed by atoms with Gasteiger partial charge in [0.15, 0.2) is 0 Å². The van der Waals surface area contributed by atoms with Crippen LogP contribution in [0.4, 0.5) is 0 Å². The number of aryl methyl sites for hydroxylation is 1. The molecular formula is C19H31N3O2. The second-order valence-electron chi connectivity index (χ2n) is 7.10. The number of rotatable bonds is 6. The van der Waals surface area contributed by atoms with E-state index in [0.29, 0.717) is 5.75 Å². The second-order valence-corrected chi connectivity index (χ2v) is 7.10. The van der Waals surface area contributed by atoms with Gasteiger partial charge in [0.1, 0.15) is 5.75 Å². The van der Waals surface area contributed by atoms with Crippen LogP contribution < -0.4 is 0 Å². The molecule has 0 amide bonds. The number of likely N-dealkylation sites (N-methyl/N-ethyl adjacent to an activating group) is 1. The summed E-state index contributed by atoms with van der Waals surface area (Å²) in [6.45, 7) is 10.2. The van der Waals surface area contributed by atoms with Crippen molar-refractivity contribution in [3.63, 3.8) is 0 Å². The Labute approximate surface area is 145 Å². The van der Waals surface area contributed by atoms with E-state index in [4.69, 9.17) is 4.74 Å². The maximum absolute atomic E-state index is 10.1. The van der Waals surface area contributed by atoms with Crippen molar-refractivity contribution < 1.29 is 9.84 Å². The molecule has 0 spiro atoms. The number of phenolic OH excluding ortho intramolecular Hbond substituents is 1. The van der Waals surface area contributed by atoms with Crippen molar-refractivity contribution in [2.75, 3.05) is 66.1 Å². The third-order valence-electron chi connectivity index (χ3n) is 5.18. The number of ether oxygens (including phenoxy) is 1. The summed E-state index contributed by atoms with van der Waals surface area (Å²) in [5.74, 6) is 0.421. The van der Waals surface area contributed by atoms with E-state index in [1.807, 2.05) is 6.07 Å². The lowest BCUT2D eigenvalue weighted by molar-refractivity contribution is 0.0339. The molecule has 0 bridgehead atoms. The van der Waals surface area contributed by atoms with E-state index >= 15 is 0 Å². The van der Waals surface area contributed by atoms with Crippen LogP contribution in [0.2, 0.25) is 0 Å². The Hall–Kier alpha value is -1.14. The van der Waals surface area contributed by atoms with Gasteiger partial charge >= 0.3 is 0 Å². The normalized spacial score (nSPS) is 21.2. The quantitative estimate of drug-likeness (QED) is 0.852. The monoisotopic (exact) mass is 333 g/mol. The number of morpholine rings is 1. The minimum absolute atomic E-state index is 0.421. The average Bonchev–Trinajstić information content (AvgIpc) is 2.60. The summed E-state index contributed by atoms with van der Waals surface area (Å²) >= 11 is 0. The molecule has 2 aliphatic heterocycles. The molecule has 134 valence electrons. The highest BCUT2D eigenvalue weighted by Gasteiger charge is 2.14. The Morgan fingerprint density at radius 1 is 1.00 bits per heavy atom. The Bertz CT molecular complexity index is 509. The Kier molecular flexibility index (Phi) is 6.49. The Balaban J connectivity index is 1.47. The molecule has 3 rings (SSSR count). The van der Waals surface area contributed by atoms with Gasteiger partial charge in [0.05, 0.1) is 13.2 Å². The van der Waals surface area contributed by atoms with Crippen molar-refractivity contribution in [3.05, 3.63) is 29.3 Å². The molecule has 0 radical (unpaired) electrons. The summed E-state index contributed by atoms with van der Waals surface area (Å²) < 4.78 is 5.40. The number of hydrogen-bond acceptors (Lipinski definition) is 5. The maximum atomic E-state index is 10.1. The lowest BCUT2D eigenvalue weighted by atomic mass is 10.0. The molecule has 1 N–H and O–H groups in total. The van der Waals surface area contributed by atoms with Crippen LogP contribution in [0.3, 0.4) is 0 Å². The van der Waals surface area contributed by atoms with Crippen molar-refractivity contribution in [2.45, 2.75) is 19.4 Å². The topological polar surface area (TPSA) is 39.2 Å². The van der Waals surface area contributed by atoms with E-state index < -0.39 is 0 Å².